The molecule has 0 radical (unpaired) electrons. The van der Waals surface area contributed by atoms with Crippen LogP contribution < -0.4 is 15.4 Å². The molecule has 0 fully saturated rings. The second-order valence-corrected chi connectivity index (χ2v) is 7.13. The number of hydrogen-bond donors (Lipinski definition) is 2. The minimum Gasteiger partial charge on any atom is -0.495 e. The van der Waals surface area contributed by atoms with Crippen molar-refractivity contribution in [3.8, 4) is 5.75 Å². The Hall–Kier alpha value is -2.89. The highest BCUT2D eigenvalue weighted by Crippen LogP contribution is 2.28. The third-order valence-corrected chi connectivity index (χ3v) is 4.81. The first-order valence-corrected chi connectivity index (χ1v) is 9.78. The second-order valence-electron chi connectivity index (χ2n) is 7.13. The van der Waals surface area contributed by atoms with Crippen molar-refractivity contribution in [2.24, 2.45) is 0 Å². The van der Waals surface area contributed by atoms with E-state index in [0.717, 1.165) is 30.5 Å². The summed E-state index contributed by atoms with van der Waals surface area (Å²) in [5.74, 6) is 1.64. The number of aromatic nitrogens is 2. The molecule has 1 aromatic carbocycles. The number of hydrogen-bond acceptors (Lipinski definition) is 5. The van der Waals surface area contributed by atoms with Gasteiger partial charge in [0, 0.05) is 12.6 Å². The van der Waals surface area contributed by atoms with E-state index in [1.54, 1.807) is 20.1 Å². The van der Waals surface area contributed by atoms with Gasteiger partial charge in [-0.2, -0.15) is 0 Å². The predicted octanol–water partition coefficient (Wildman–Crippen LogP) is 4.47. The smallest absolute Gasteiger partial charge is 0.270 e. The first-order chi connectivity index (χ1) is 13.5. The van der Waals surface area contributed by atoms with Crippen LogP contribution in [0.15, 0.2) is 35.9 Å². The number of rotatable bonds is 7. The van der Waals surface area contributed by atoms with Crippen molar-refractivity contribution in [3.63, 3.8) is 0 Å². The normalized spacial score (nSPS) is 13.6. The number of ether oxygens (including phenoxy) is 1. The molecule has 2 N–H and O–H groups in total. The SMILES string of the molecule is COc1ccc(C)cc1Nc1cc(C(=O)NCCC2=CCCCC2)nc(C)n1. The molecule has 0 atom stereocenters. The zero-order valence-corrected chi connectivity index (χ0v) is 16.8. The van der Waals surface area contributed by atoms with Crippen molar-refractivity contribution < 1.29 is 9.53 Å². The van der Waals surface area contributed by atoms with Gasteiger partial charge >= 0.3 is 0 Å². The van der Waals surface area contributed by atoms with Gasteiger partial charge in [0.15, 0.2) is 0 Å². The van der Waals surface area contributed by atoms with Crippen LogP contribution in [0.3, 0.4) is 0 Å². The molecular formula is C22H28N4O2. The fourth-order valence-electron chi connectivity index (χ4n) is 3.36. The van der Waals surface area contributed by atoms with Gasteiger partial charge < -0.3 is 15.4 Å². The van der Waals surface area contributed by atoms with E-state index in [0.29, 0.717) is 29.6 Å². The number of aryl methyl sites for hydroxylation is 2. The summed E-state index contributed by atoms with van der Waals surface area (Å²) >= 11 is 0. The van der Waals surface area contributed by atoms with Gasteiger partial charge in [-0.1, -0.05) is 17.7 Å². The number of methoxy groups -OCH3 is 1. The van der Waals surface area contributed by atoms with Gasteiger partial charge in [-0.3, -0.25) is 4.79 Å². The molecular weight excluding hydrogens is 352 g/mol. The molecule has 0 aliphatic heterocycles. The van der Waals surface area contributed by atoms with Crippen molar-refractivity contribution in [3.05, 3.63) is 53.0 Å². The van der Waals surface area contributed by atoms with Gasteiger partial charge in [0.2, 0.25) is 0 Å². The summed E-state index contributed by atoms with van der Waals surface area (Å²) in [6.45, 7) is 4.42. The topological polar surface area (TPSA) is 76.1 Å². The second kappa shape index (κ2) is 9.35. The lowest BCUT2D eigenvalue weighted by Crippen LogP contribution is -2.26. The summed E-state index contributed by atoms with van der Waals surface area (Å²) in [7, 11) is 1.63. The lowest BCUT2D eigenvalue weighted by atomic mass is 9.97. The molecule has 0 spiro atoms. The Morgan fingerprint density at radius 1 is 1.18 bits per heavy atom. The lowest BCUT2D eigenvalue weighted by Gasteiger charge is -2.14. The number of nitrogens with zero attached hydrogens (tertiary/aromatic N) is 2. The molecule has 0 bridgehead atoms. The Balaban J connectivity index is 1.68. The molecule has 1 aliphatic carbocycles. The molecule has 0 saturated heterocycles. The summed E-state index contributed by atoms with van der Waals surface area (Å²) in [5, 5.41) is 6.22. The molecule has 6 heteroatoms. The molecule has 1 aromatic heterocycles. The predicted molar refractivity (Wildman–Crippen MR) is 111 cm³/mol. The molecule has 0 saturated carbocycles. The van der Waals surface area contributed by atoms with E-state index in [1.165, 1.54) is 18.4 Å². The van der Waals surface area contributed by atoms with Crippen LogP contribution in [0.5, 0.6) is 5.75 Å². The Kier molecular flexibility index (Phi) is 6.63. The van der Waals surface area contributed by atoms with Crippen molar-refractivity contribution in [2.45, 2.75) is 46.0 Å². The number of allylic oxidation sites excluding steroid dienone is 1. The van der Waals surface area contributed by atoms with Crippen molar-refractivity contribution >= 4 is 17.4 Å². The molecule has 6 nitrogen and oxygen atoms in total. The van der Waals surface area contributed by atoms with E-state index < -0.39 is 0 Å². The minimum absolute atomic E-state index is 0.179. The maximum atomic E-state index is 12.5. The van der Waals surface area contributed by atoms with E-state index in [-0.39, 0.29) is 5.91 Å². The van der Waals surface area contributed by atoms with Gasteiger partial charge in [-0.15, -0.1) is 0 Å². The molecule has 2 aromatic rings. The maximum absolute atomic E-state index is 12.5. The van der Waals surface area contributed by atoms with Crippen molar-refractivity contribution in [1.29, 1.82) is 0 Å². The Morgan fingerprint density at radius 3 is 2.79 bits per heavy atom. The van der Waals surface area contributed by atoms with Gasteiger partial charge in [-0.25, -0.2) is 9.97 Å². The molecule has 3 rings (SSSR count). The average molecular weight is 380 g/mol. The van der Waals surface area contributed by atoms with Crippen molar-refractivity contribution in [1.82, 2.24) is 15.3 Å². The van der Waals surface area contributed by atoms with E-state index in [2.05, 4.69) is 26.7 Å². The number of carbonyl (C=O) groups excluding carboxylic acids is 1. The summed E-state index contributed by atoms with van der Waals surface area (Å²) in [4.78, 5) is 21.2. The molecule has 1 amide bonds. The zero-order valence-electron chi connectivity index (χ0n) is 16.8. The van der Waals surface area contributed by atoms with E-state index in [9.17, 15) is 4.79 Å². The Morgan fingerprint density at radius 2 is 2.04 bits per heavy atom. The largest absolute Gasteiger partial charge is 0.495 e. The van der Waals surface area contributed by atoms with E-state index >= 15 is 0 Å². The molecule has 28 heavy (non-hydrogen) atoms. The fourth-order valence-corrected chi connectivity index (χ4v) is 3.36. The van der Waals surface area contributed by atoms with Gasteiger partial charge in [0.1, 0.15) is 23.1 Å². The summed E-state index contributed by atoms with van der Waals surface area (Å²) < 4.78 is 5.40. The van der Waals surface area contributed by atoms with Gasteiger partial charge in [0.25, 0.3) is 5.91 Å². The fraction of sp³-hybridized carbons (Fsp3) is 0.409. The van der Waals surface area contributed by atoms with Crippen LogP contribution >= 0.6 is 0 Å². The number of amides is 1. The van der Waals surface area contributed by atoms with Crippen LogP contribution in [0.1, 0.15) is 54.0 Å². The van der Waals surface area contributed by atoms with E-state index in [4.69, 9.17) is 4.74 Å². The molecule has 0 unspecified atom stereocenters. The number of nitrogens with one attached hydrogen (secondary N) is 2. The highest BCUT2D eigenvalue weighted by molar-refractivity contribution is 5.93. The first-order valence-electron chi connectivity index (χ1n) is 9.78. The van der Waals surface area contributed by atoms with Crippen LogP contribution in [0.25, 0.3) is 0 Å². The minimum atomic E-state index is -0.179. The number of carbonyl (C=O) groups is 1. The third-order valence-electron chi connectivity index (χ3n) is 4.81. The quantitative estimate of drug-likeness (QED) is 0.693. The van der Waals surface area contributed by atoms with E-state index in [1.807, 2.05) is 25.1 Å². The van der Waals surface area contributed by atoms with Crippen LogP contribution in [0, 0.1) is 13.8 Å². The van der Waals surface area contributed by atoms with Crippen LogP contribution in [0.4, 0.5) is 11.5 Å². The first kappa shape index (κ1) is 19.9. The molecule has 1 heterocycles. The van der Waals surface area contributed by atoms with Gasteiger partial charge in [-0.05, 0) is 63.6 Å². The Bertz CT molecular complexity index is 877. The summed E-state index contributed by atoms with van der Waals surface area (Å²) in [6, 6.07) is 7.53. The van der Waals surface area contributed by atoms with Crippen LogP contribution in [-0.2, 0) is 0 Å². The van der Waals surface area contributed by atoms with Gasteiger partial charge in [0.05, 0.1) is 12.8 Å². The number of anilines is 2. The maximum Gasteiger partial charge on any atom is 0.270 e. The third kappa shape index (κ3) is 5.31. The zero-order chi connectivity index (χ0) is 19.9. The molecule has 1 aliphatic rings. The highest BCUT2D eigenvalue weighted by atomic mass is 16.5. The summed E-state index contributed by atoms with van der Waals surface area (Å²) in [5.41, 5.74) is 3.71. The van der Waals surface area contributed by atoms with Crippen molar-refractivity contribution in [2.75, 3.05) is 19.0 Å². The highest BCUT2D eigenvalue weighted by Gasteiger charge is 2.12. The summed E-state index contributed by atoms with van der Waals surface area (Å²) in [6.07, 6.45) is 8.05. The average Bonchev–Trinajstić information content (AvgIpc) is 2.68. The van der Waals surface area contributed by atoms with Crippen LogP contribution in [0.2, 0.25) is 0 Å². The lowest BCUT2D eigenvalue weighted by molar-refractivity contribution is 0.0948. The Labute approximate surface area is 166 Å². The standard InChI is InChI=1S/C22H28N4O2/c1-15-9-10-20(28-3)18(13-15)26-21-14-19(24-16(2)25-21)22(27)23-12-11-17-7-5-4-6-8-17/h7,9-10,13-14H,4-6,8,11-12H2,1-3H3,(H,23,27)(H,24,25,26). The number of benzene rings is 1. The van der Waals surface area contributed by atoms with Crippen LogP contribution in [-0.4, -0.2) is 29.5 Å². The monoisotopic (exact) mass is 380 g/mol. The molecule has 148 valence electrons.